The van der Waals surface area contributed by atoms with Gasteiger partial charge in [-0.1, -0.05) is 82.5 Å². The molecule has 2 unspecified atom stereocenters. The molecule has 1 saturated heterocycles. The number of carbonyl (C=O) groups excluding carboxylic acids is 2. The molecule has 6 nitrogen and oxygen atoms in total. The molecule has 1 aromatic heterocycles. The van der Waals surface area contributed by atoms with Gasteiger partial charge < -0.3 is 9.80 Å². The maximum absolute atomic E-state index is 13.5. The Morgan fingerprint density at radius 3 is 2.44 bits per heavy atom. The van der Waals surface area contributed by atoms with Crippen LogP contribution in [0.4, 0.5) is 0 Å². The minimum atomic E-state index is -0.0958. The maximum atomic E-state index is 13.5. The summed E-state index contributed by atoms with van der Waals surface area (Å²) in [6, 6.07) is 9.84. The van der Waals surface area contributed by atoms with Crippen molar-refractivity contribution in [2.45, 2.75) is 96.6 Å². The molecule has 36 heavy (non-hydrogen) atoms. The second-order valence-electron chi connectivity index (χ2n) is 10.4. The van der Waals surface area contributed by atoms with Crippen LogP contribution in [0.2, 0.25) is 5.02 Å². The van der Waals surface area contributed by atoms with E-state index in [1.807, 2.05) is 35.0 Å². The standard InChI is InChI=1S/C29H41ClN4O2/c1-3-5-7-9-11-24-13-10-18-33(24)28(35)21-32-20-25(12-8-6-4-2)34-27(29(32)36)19-26(31-34)22-14-16-23(30)17-15-22/h14-17,19,24-25H,3-13,18,20-21H2,1-2H3. The molecule has 196 valence electrons. The van der Waals surface area contributed by atoms with Gasteiger partial charge >= 0.3 is 0 Å². The van der Waals surface area contributed by atoms with Crippen molar-refractivity contribution in [2.75, 3.05) is 19.6 Å². The molecule has 0 aliphatic carbocycles. The number of carbonyl (C=O) groups is 2. The van der Waals surface area contributed by atoms with Crippen LogP contribution in [0.1, 0.15) is 101 Å². The molecular weight excluding hydrogens is 472 g/mol. The molecule has 0 radical (unpaired) electrons. The number of benzene rings is 1. The molecule has 0 N–H and O–H groups in total. The zero-order chi connectivity index (χ0) is 25.5. The van der Waals surface area contributed by atoms with Crippen LogP contribution in [-0.2, 0) is 4.79 Å². The maximum Gasteiger partial charge on any atom is 0.272 e. The summed E-state index contributed by atoms with van der Waals surface area (Å²) in [4.78, 5) is 30.8. The van der Waals surface area contributed by atoms with Gasteiger partial charge in [0.1, 0.15) is 12.2 Å². The van der Waals surface area contributed by atoms with Crippen LogP contribution in [0.5, 0.6) is 0 Å². The number of fused-ring (bicyclic) bond motifs is 1. The summed E-state index contributed by atoms with van der Waals surface area (Å²) in [6.45, 7) is 5.94. The van der Waals surface area contributed by atoms with Gasteiger partial charge in [-0.25, -0.2) is 0 Å². The molecule has 2 amide bonds. The van der Waals surface area contributed by atoms with Gasteiger partial charge in [0.2, 0.25) is 5.91 Å². The monoisotopic (exact) mass is 512 g/mol. The highest BCUT2D eigenvalue weighted by Crippen LogP contribution is 2.30. The molecule has 0 spiro atoms. The van der Waals surface area contributed by atoms with Crippen molar-refractivity contribution < 1.29 is 9.59 Å². The lowest BCUT2D eigenvalue weighted by molar-refractivity contribution is -0.133. The van der Waals surface area contributed by atoms with Gasteiger partial charge in [0.15, 0.2) is 0 Å². The Morgan fingerprint density at radius 1 is 1.00 bits per heavy atom. The van der Waals surface area contributed by atoms with Gasteiger partial charge in [-0.2, -0.15) is 5.10 Å². The summed E-state index contributed by atoms with van der Waals surface area (Å²) < 4.78 is 1.91. The molecule has 1 fully saturated rings. The molecule has 2 aliphatic heterocycles. The lowest BCUT2D eigenvalue weighted by Gasteiger charge is -2.35. The van der Waals surface area contributed by atoms with Crippen LogP contribution >= 0.6 is 11.6 Å². The van der Waals surface area contributed by atoms with E-state index in [2.05, 4.69) is 18.7 Å². The van der Waals surface area contributed by atoms with Gasteiger partial charge in [0.25, 0.3) is 5.91 Å². The lowest BCUT2D eigenvalue weighted by atomic mass is 10.0. The first kappa shape index (κ1) is 26.7. The normalized spacial score (nSPS) is 19.7. The Kier molecular flexibility index (Phi) is 9.47. The van der Waals surface area contributed by atoms with Crippen molar-refractivity contribution in [1.29, 1.82) is 0 Å². The van der Waals surface area contributed by atoms with Crippen molar-refractivity contribution in [1.82, 2.24) is 19.6 Å². The lowest BCUT2D eigenvalue weighted by Crippen LogP contribution is -2.49. The zero-order valence-corrected chi connectivity index (χ0v) is 22.7. The first-order valence-corrected chi connectivity index (χ1v) is 14.3. The quantitative estimate of drug-likeness (QED) is 0.296. The van der Waals surface area contributed by atoms with Crippen LogP contribution < -0.4 is 0 Å². The first-order chi connectivity index (χ1) is 17.5. The van der Waals surface area contributed by atoms with E-state index in [1.54, 1.807) is 4.90 Å². The second kappa shape index (κ2) is 12.8. The van der Waals surface area contributed by atoms with E-state index in [0.717, 1.165) is 62.7 Å². The SMILES string of the molecule is CCCCCCC1CCCN1C(=O)CN1CC(CCCCC)n2nc(-c3ccc(Cl)cc3)cc2C1=O. The van der Waals surface area contributed by atoms with E-state index in [9.17, 15) is 9.59 Å². The Bertz CT molecular complexity index is 1020. The molecule has 0 bridgehead atoms. The minimum Gasteiger partial charge on any atom is -0.338 e. The number of likely N-dealkylation sites (tertiary alicyclic amines) is 1. The Labute approximate surface area is 221 Å². The number of aromatic nitrogens is 2. The third-order valence-electron chi connectivity index (χ3n) is 7.71. The van der Waals surface area contributed by atoms with Gasteiger partial charge in [0, 0.05) is 29.7 Å². The van der Waals surface area contributed by atoms with E-state index in [4.69, 9.17) is 16.7 Å². The number of hydrogen-bond donors (Lipinski definition) is 0. The van der Waals surface area contributed by atoms with E-state index < -0.39 is 0 Å². The molecule has 3 heterocycles. The van der Waals surface area contributed by atoms with Gasteiger partial charge in [0.05, 0.1) is 11.7 Å². The second-order valence-corrected chi connectivity index (χ2v) is 10.9. The van der Waals surface area contributed by atoms with Crippen molar-refractivity contribution in [3.8, 4) is 11.3 Å². The summed E-state index contributed by atoms with van der Waals surface area (Å²) in [5, 5.41) is 5.52. The Balaban J connectivity index is 1.49. The minimum absolute atomic E-state index is 0.0847. The predicted octanol–water partition coefficient (Wildman–Crippen LogP) is 6.74. The van der Waals surface area contributed by atoms with Gasteiger partial charge in [-0.05, 0) is 43.9 Å². The smallest absolute Gasteiger partial charge is 0.272 e. The van der Waals surface area contributed by atoms with Crippen molar-refractivity contribution in [2.24, 2.45) is 0 Å². The van der Waals surface area contributed by atoms with E-state index in [-0.39, 0.29) is 24.4 Å². The molecular formula is C29H41ClN4O2. The van der Waals surface area contributed by atoms with Crippen LogP contribution in [0.25, 0.3) is 11.3 Å². The Hall–Kier alpha value is -2.34. The fourth-order valence-corrected chi connectivity index (χ4v) is 5.80. The summed E-state index contributed by atoms with van der Waals surface area (Å²) >= 11 is 6.07. The third-order valence-corrected chi connectivity index (χ3v) is 7.97. The van der Waals surface area contributed by atoms with Crippen LogP contribution in [0, 0.1) is 0 Å². The number of hydrogen-bond acceptors (Lipinski definition) is 3. The number of nitrogens with zero attached hydrogens (tertiary/aromatic N) is 4. The van der Waals surface area contributed by atoms with Crippen molar-refractivity contribution in [3.05, 3.63) is 41.0 Å². The van der Waals surface area contributed by atoms with Crippen LogP contribution in [-0.4, -0.2) is 57.1 Å². The topological polar surface area (TPSA) is 58.4 Å². The fourth-order valence-electron chi connectivity index (χ4n) is 5.68. The molecule has 2 atom stereocenters. The Morgan fingerprint density at radius 2 is 1.69 bits per heavy atom. The number of amides is 2. The largest absolute Gasteiger partial charge is 0.338 e. The third kappa shape index (κ3) is 6.31. The number of halogens is 1. The van der Waals surface area contributed by atoms with Crippen molar-refractivity contribution >= 4 is 23.4 Å². The first-order valence-electron chi connectivity index (χ1n) is 14.0. The average molecular weight is 513 g/mol. The van der Waals surface area contributed by atoms with Crippen molar-refractivity contribution in [3.63, 3.8) is 0 Å². The molecule has 7 heteroatoms. The number of rotatable bonds is 12. The zero-order valence-electron chi connectivity index (χ0n) is 21.9. The van der Waals surface area contributed by atoms with Crippen LogP contribution in [0.15, 0.2) is 30.3 Å². The van der Waals surface area contributed by atoms with Gasteiger partial charge in [-0.3, -0.25) is 14.3 Å². The molecule has 1 aromatic carbocycles. The average Bonchev–Trinajstić information content (AvgIpc) is 3.53. The van der Waals surface area contributed by atoms with Gasteiger partial charge in [-0.15, -0.1) is 0 Å². The molecule has 2 aliphatic rings. The summed E-state index contributed by atoms with van der Waals surface area (Å²) in [6.07, 6.45) is 12.4. The van der Waals surface area contributed by atoms with E-state index in [1.165, 1.54) is 25.7 Å². The summed E-state index contributed by atoms with van der Waals surface area (Å²) in [5.74, 6) is 0.000961. The predicted molar refractivity (Wildman–Crippen MR) is 145 cm³/mol. The fraction of sp³-hybridized carbons (Fsp3) is 0.621. The molecule has 0 saturated carbocycles. The van der Waals surface area contributed by atoms with E-state index in [0.29, 0.717) is 23.3 Å². The number of unbranched alkanes of at least 4 members (excludes halogenated alkanes) is 5. The highest BCUT2D eigenvalue weighted by Gasteiger charge is 2.36. The summed E-state index contributed by atoms with van der Waals surface area (Å²) in [5.41, 5.74) is 2.29. The molecule has 4 rings (SSSR count). The highest BCUT2D eigenvalue weighted by molar-refractivity contribution is 6.30. The summed E-state index contributed by atoms with van der Waals surface area (Å²) in [7, 11) is 0. The highest BCUT2D eigenvalue weighted by atomic mass is 35.5. The molecule has 2 aromatic rings. The van der Waals surface area contributed by atoms with Crippen LogP contribution in [0.3, 0.4) is 0 Å². The van der Waals surface area contributed by atoms with E-state index >= 15 is 0 Å².